The molecule has 0 radical (unpaired) electrons. The zero-order chi connectivity index (χ0) is 11.8. The van der Waals surface area contributed by atoms with Crippen molar-refractivity contribution in [2.45, 2.75) is 13.8 Å². The predicted octanol–water partition coefficient (Wildman–Crippen LogP) is 1.77. The number of benzene rings is 1. The molecular weight excluding hydrogens is 194 g/mol. The van der Waals surface area contributed by atoms with E-state index in [1.807, 2.05) is 13.8 Å². The molecule has 0 saturated carbocycles. The summed E-state index contributed by atoms with van der Waals surface area (Å²) in [5, 5.41) is 11.0. The molecule has 0 heterocycles. The summed E-state index contributed by atoms with van der Waals surface area (Å²) in [5.74, 6) is -1.33. The number of nitrogens with one attached hydrogen (secondary N) is 1. The molecule has 4 heteroatoms. The average Bonchev–Trinajstić information content (AvgIpc) is 2.30. The second kappa shape index (κ2) is 6.59. The maximum atomic E-state index is 11.1. The number of carbonyl (C=O) groups is 2. The predicted molar refractivity (Wildman–Crippen MR) is 58.1 cm³/mol. The Morgan fingerprint density at radius 2 is 1.73 bits per heavy atom. The maximum absolute atomic E-state index is 11.1. The minimum Gasteiger partial charge on any atom is -0.478 e. The van der Waals surface area contributed by atoms with Crippen molar-refractivity contribution in [3.8, 4) is 0 Å². The molecule has 1 aromatic rings. The second-order valence-corrected chi connectivity index (χ2v) is 2.47. The number of aromatic carboxylic acids is 1. The first kappa shape index (κ1) is 13.2. The van der Waals surface area contributed by atoms with Crippen LogP contribution in [0.15, 0.2) is 24.3 Å². The fourth-order valence-electron chi connectivity index (χ4n) is 0.938. The molecule has 0 aliphatic carbocycles. The van der Waals surface area contributed by atoms with Gasteiger partial charge in [-0.25, -0.2) is 4.79 Å². The molecule has 0 fully saturated rings. The summed E-state index contributed by atoms with van der Waals surface area (Å²) in [4.78, 5) is 21.6. The lowest BCUT2D eigenvalue weighted by atomic mass is 10.1. The summed E-state index contributed by atoms with van der Waals surface area (Å²) in [6.45, 7) is 4.00. The van der Waals surface area contributed by atoms with Crippen molar-refractivity contribution in [2.75, 3.05) is 7.05 Å². The summed E-state index contributed by atoms with van der Waals surface area (Å²) in [7, 11) is 1.50. The van der Waals surface area contributed by atoms with Crippen molar-refractivity contribution in [1.82, 2.24) is 5.32 Å². The fraction of sp³-hybridized carbons (Fsp3) is 0.273. The zero-order valence-electron chi connectivity index (χ0n) is 9.07. The van der Waals surface area contributed by atoms with E-state index in [4.69, 9.17) is 5.11 Å². The Balaban J connectivity index is 0.000000921. The van der Waals surface area contributed by atoms with Crippen molar-refractivity contribution in [2.24, 2.45) is 0 Å². The highest BCUT2D eigenvalue weighted by atomic mass is 16.4. The van der Waals surface area contributed by atoms with Crippen LogP contribution < -0.4 is 5.32 Å². The molecule has 1 rings (SSSR count). The first-order valence-corrected chi connectivity index (χ1v) is 4.70. The third kappa shape index (κ3) is 3.81. The third-order valence-corrected chi connectivity index (χ3v) is 1.60. The second-order valence-electron chi connectivity index (χ2n) is 2.47. The zero-order valence-corrected chi connectivity index (χ0v) is 9.07. The fourth-order valence-corrected chi connectivity index (χ4v) is 0.938. The van der Waals surface area contributed by atoms with Gasteiger partial charge in [-0.2, -0.15) is 0 Å². The molecule has 0 unspecified atom stereocenters. The smallest absolute Gasteiger partial charge is 0.335 e. The summed E-state index contributed by atoms with van der Waals surface area (Å²) in [5.41, 5.74) is 0.462. The molecule has 4 nitrogen and oxygen atoms in total. The number of hydrogen-bond donors (Lipinski definition) is 2. The summed E-state index contributed by atoms with van der Waals surface area (Å²) < 4.78 is 0. The van der Waals surface area contributed by atoms with E-state index >= 15 is 0 Å². The van der Waals surface area contributed by atoms with E-state index in [1.165, 1.54) is 25.2 Å². The molecule has 0 aliphatic heterocycles. The van der Waals surface area contributed by atoms with Gasteiger partial charge in [-0.1, -0.05) is 19.9 Å². The van der Waals surface area contributed by atoms with Gasteiger partial charge in [0, 0.05) is 12.6 Å². The van der Waals surface area contributed by atoms with Gasteiger partial charge in [-0.15, -0.1) is 0 Å². The van der Waals surface area contributed by atoms with Crippen LogP contribution in [0.5, 0.6) is 0 Å². The van der Waals surface area contributed by atoms with Gasteiger partial charge in [0.05, 0.1) is 5.56 Å². The molecule has 1 amide bonds. The van der Waals surface area contributed by atoms with Gasteiger partial charge < -0.3 is 10.4 Å². The summed E-state index contributed by atoms with van der Waals surface area (Å²) >= 11 is 0. The highest BCUT2D eigenvalue weighted by Gasteiger charge is 2.06. The Labute approximate surface area is 88.9 Å². The van der Waals surface area contributed by atoms with E-state index in [9.17, 15) is 9.59 Å². The van der Waals surface area contributed by atoms with Gasteiger partial charge in [0.1, 0.15) is 0 Å². The van der Waals surface area contributed by atoms with Crippen molar-refractivity contribution >= 4 is 11.9 Å². The first-order valence-electron chi connectivity index (χ1n) is 4.70. The Morgan fingerprint density at radius 1 is 1.20 bits per heavy atom. The minimum atomic E-state index is -1.04. The monoisotopic (exact) mass is 209 g/mol. The van der Waals surface area contributed by atoms with Crippen molar-refractivity contribution in [3.05, 3.63) is 35.4 Å². The number of amides is 1. The lowest BCUT2D eigenvalue weighted by Gasteiger charge is -1.99. The van der Waals surface area contributed by atoms with Crippen LogP contribution in [0.3, 0.4) is 0 Å². The van der Waals surface area contributed by atoms with Gasteiger partial charge in [0.25, 0.3) is 5.91 Å². The quantitative estimate of drug-likeness (QED) is 0.780. The first-order chi connectivity index (χ1) is 7.15. The number of carboxylic acid groups (broad SMARTS) is 1. The molecule has 82 valence electrons. The van der Waals surface area contributed by atoms with Gasteiger partial charge in [0.15, 0.2) is 0 Å². The summed E-state index contributed by atoms with van der Waals surface area (Å²) in [6, 6.07) is 5.87. The van der Waals surface area contributed by atoms with Crippen molar-refractivity contribution < 1.29 is 14.7 Å². The van der Waals surface area contributed by atoms with Gasteiger partial charge in [0.2, 0.25) is 0 Å². The lowest BCUT2D eigenvalue weighted by molar-refractivity contribution is 0.0697. The van der Waals surface area contributed by atoms with E-state index in [0.29, 0.717) is 5.56 Å². The average molecular weight is 209 g/mol. The van der Waals surface area contributed by atoms with E-state index in [2.05, 4.69) is 5.32 Å². The molecule has 0 aliphatic rings. The molecule has 1 aromatic carbocycles. The van der Waals surface area contributed by atoms with Crippen molar-refractivity contribution in [1.29, 1.82) is 0 Å². The Morgan fingerprint density at radius 3 is 2.20 bits per heavy atom. The van der Waals surface area contributed by atoms with Crippen LogP contribution in [0.4, 0.5) is 0 Å². The van der Waals surface area contributed by atoms with Crippen LogP contribution in [-0.2, 0) is 0 Å². The molecule has 0 spiro atoms. The molecule has 2 N–H and O–H groups in total. The van der Waals surface area contributed by atoms with Gasteiger partial charge in [-0.05, 0) is 18.2 Å². The van der Waals surface area contributed by atoms with Crippen LogP contribution >= 0.6 is 0 Å². The van der Waals surface area contributed by atoms with Gasteiger partial charge >= 0.3 is 5.97 Å². The van der Waals surface area contributed by atoms with Crippen LogP contribution in [0.25, 0.3) is 0 Å². The number of hydrogen-bond acceptors (Lipinski definition) is 2. The topological polar surface area (TPSA) is 66.4 Å². The standard InChI is InChI=1S/C9H9NO3.C2H6/c1-10-8(11)6-3-2-4-7(5-6)9(12)13;1-2/h2-5H,1H3,(H,10,11)(H,12,13);1-2H3. The number of carboxylic acids is 1. The molecule has 0 aromatic heterocycles. The SMILES string of the molecule is CC.CNC(=O)c1cccc(C(=O)O)c1. The van der Waals surface area contributed by atoms with E-state index < -0.39 is 5.97 Å². The van der Waals surface area contributed by atoms with Gasteiger partial charge in [-0.3, -0.25) is 4.79 Å². The minimum absolute atomic E-state index is 0.112. The molecular formula is C11H15NO3. The molecule has 0 saturated heterocycles. The Bertz CT molecular complexity index is 347. The van der Waals surface area contributed by atoms with Crippen molar-refractivity contribution in [3.63, 3.8) is 0 Å². The van der Waals surface area contributed by atoms with Crippen LogP contribution in [0.1, 0.15) is 34.6 Å². The Kier molecular flexibility index (Phi) is 5.78. The molecule has 0 bridgehead atoms. The largest absolute Gasteiger partial charge is 0.478 e. The van der Waals surface area contributed by atoms with E-state index in [1.54, 1.807) is 6.07 Å². The molecule has 0 atom stereocenters. The normalized spacial score (nSPS) is 8.47. The van der Waals surface area contributed by atoms with Crippen LogP contribution in [0, 0.1) is 0 Å². The Hall–Kier alpha value is -1.84. The van der Waals surface area contributed by atoms with Crippen LogP contribution in [0.2, 0.25) is 0 Å². The highest BCUT2D eigenvalue weighted by molar-refractivity contribution is 5.97. The highest BCUT2D eigenvalue weighted by Crippen LogP contribution is 2.04. The summed E-state index contributed by atoms with van der Waals surface area (Å²) in [6.07, 6.45) is 0. The van der Waals surface area contributed by atoms with E-state index in [0.717, 1.165) is 0 Å². The van der Waals surface area contributed by atoms with E-state index in [-0.39, 0.29) is 11.5 Å². The number of rotatable bonds is 2. The lowest BCUT2D eigenvalue weighted by Crippen LogP contribution is -2.18. The third-order valence-electron chi connectivity index (χ3n) is 1.60. The van der Waals surface area contributed by atoms with Crippen LogP contribution in [-0.4, -0.2) is 24.0 Å². The number of carbonyl (C=O) groups excluding carboxylic acids is 1. The molecule has 15 heavy (non-hydrogen) atoms. The maximum Gasteiger partial charge on any atom is 0.335 e.